The summed E-state index contributed by atoms with van der Waals surface area (Å²) < 4.78 is 1.89. The number of halogens is 2. The predicted molar refractivity (Wildman–Crippen MR) is 83.5 cm³/mol. The second-order valence-corrected chi connectivity index (χ2v) is 5.87. The highest BCUT2D eigenvalue weighted by Crippen LogP contribution is 2.27. The number of benzene rings is 1. The van der Waals surface area contributed by atoms with Crippen LogP contribution < -0.4 is 5.32 Å². The van der Waals surface area contributed by atoms with E-state index in [0.29, 0.717) is 0 Å². The van der Waals surface area contributed by atoms with E-state index in [1.165, 1.54) is 11.1 Å². The zero-order valence-electron chi connectivity index (χ0n) is 10.3. The minimum absolute atomic E-state index is 0.821. The Morgan fingerprint density at radius 3 is 2.61 bits per heavy atom. The summed E-state index contributed by atoms with van der Waals surface area (Å²) >= 11 is 6.89. The van der Waals surface area contributed by atoms with Crippen LogP contribution in [0, 0.1) is 6.92 Å². The zero-order chi connectivity index (χ0) is 13.1. The molecule has 94 valence electrons. The average molecular weight is 370 g/mol. The number of aryl methyl sites for hydroxylation is 2. The van der Waals surface area contributed by atoms with Gasteiger partial charge in [0.05, 0.1) is 4.47 Å². The predicted octanol–water partition coefficient (Wildman–Crippen LogP) is 5.22. The first kappa shape index (κ1) is 13.6. The molecule has 0 unspecified atom stereocenters. The fourth-order valence-electron chi connectivity index (χ4n) is 1.81. The first-order valence-electron chi connectivity index (χ1n) is 5.77. The average Bonchev–Trinajstić information content (AvgIpc) is 2.33. The first-order valence-corrected chi connectivity index (χ1v) is 7.36. The van der Waals surface area contributed by atoms with Crippen LogP contribution >= 0.6 is 31.9 Å². The molecule has 0 atom stereocenters. The Balaban J connectivity index is 2.26. The van der Waals surface area contributed by atoms with E-state index in [1.54, 1.807) is 6.20 Å². The van der Waals surface area contributed by atoms with E-state index in [4.69, 9.17) is 0 Å². The summed E-state index contributed by atoms with van der Waals surface area (Å²) in [6, 6.07) is 8.37. The van der Waals surface area contributed by atoms with Gasteiger partial charge in [-0.3, -0.25) is 0 Å². The van der Waals surface area contributed by atoms with Crippen LogP contribution in [0.1, 0.15) is 18.1 Å². The second-order valence-electron chi connectivity index (χ2n) is 4.10. The molecule has 0 fully saturated rings. The highest BCUT2D eigenvalue weighted by atomic mass is 79.9. The molecule has 0 bridgehead atoms. The normalized spacial score (nSPS) is 10.4. The van der Waals surface area contributed by atoms with Gasteiger partial charge < -0.3 is 5.32 Å². The molecule has 0 saturated heterocycles. The largest absolute Gasteiger partial charge is 0.339 e. The Kier molecular flexibility index (Phi) is 4.40. The van der Waals surface area contributed by atoms with Crippen molar-refractivity contribution in [1.82, 2.24) is 4.98 Å². The highest BCUT2D eigenvalue weighted by Gasteiger charge is 2.04. The Labute approximate surface area is 124 Å². The molecule has 0 saturated carbocycles. The molecule has 1 aromatic heterocycles. The molecule has 2 rings (SSSR count). The summed E-state index contributed by atoms with van der Waals surface area (Å²) in [6.07, 6.45) is 2.84. The Morgan fingerprint density at radius 2 is 2.00 bits per heavy atom. The first-order chi connectivity index (χ1) is 8.60. The monoisotopic (exact) mass is 368 g/mol. The minimum Gasteiger partial charge on any atom is -0.339 e. The molecular weight excluding hydrogens is 356 g/mol. The Bertz CT molecular complexity index is 568. The highest BCUT2D eigenvalue weighted by molar-refractivity contribution is 9.11. The van der Waals surface area contributed by atoms with Gasteiger partial charge >= 0.3 is 0 Å². The van der Waals surface area contributed by atoms with Crippen LogP contribution in [0.4, 0.5) is 11.5 Å². The van der Waals surface area contributed by atoms with E-state index >= 15 is 0 Å². The van der Waals surface area contributed by atoms with Crippen molar-refractivity contribution < 1.29 is 0 Å². The summed E-state index contributed by atoms with van der Waals surface area (Å²) in [7, 11) is 0. The number of nitrogens with zero attached hydrogens (tertiary/aromatic N) is 1. The standard InChI is InChI=1S/C14H14Br2N2/c1-3-10-4-5-12(6-9(10)2)18-14-13(16)7-11(15)8-17-14/h4-8H,3H2,1-2H3,(H,17,18). The Morgan fingerprint density at radius 1 is 1.22 bits per heavy atom. The van der Waals surface area contributed by atoms with Gasteiger partial charge in [0.2, 0.25) is 0 Å². The topological polar surface area (TPSA) is 24.9 Å². The third kappa shape index (κ3) is 3.12. The number of rotatable bonds is 3. The molecule has 2 aromatic rings. The molecule has 1 heterocycles. The molecule has 0 aliphatic rings. The van der Waals surface area contributed by atoms with Gasteiger partial charge in [0.25, 0.3) is 0 Å². The fraction of sp³-hybridized carbons (Fsp3) is 0.214. The van der Waals surface area contributed by atoms with E-state index in [0.717, 1.165) is 26.9 Å². The quantitative estimate of drug-likeness (QED) is 0.801. The van der Waals surface area contributed by atoms with Crippen LogP contribution in [0.25, 0.3) is 0 Å². The third-order valence-corrected chi connectivity index (χ3v) is 3.83. The van der Waals surface area contributed by atoms with E-state index in [1.807, 2.05) is 6.07 Å². The maximum Gasteiger partial charge on any atom is 0.144 e. The van der Waals surface area contributed by atoms with Gasteiger partial charge in [0, 0.05) is 16.4 Å². The van der Waals surface area contributed by atoms with Crippen molar-refractivity contribution in [3.05, 3.63) is 50.5 Å². The summed E-state index contributed by atoms with van der Waals surface area (Å²) in [6.45, 7) is 4.30. The SMILES string of the molecule is CCc1ccc(Nc2ncc(Br)cc2Br)cc1C. The molecule has 0 aliphatic heterocycles. The summed E-state index contributed by atoms with van der Waals surface area (Å²) in [4.78, 5) is 4.34. The number of hydrogen-bond acceptors (Lipinski definition) is 2. The zero-order valence-corrected chi connectivity index (χ0v) is 13.5. The van der Waals surface area contributed by atoms with Gasteiger partial charge in [-0.25, -0.2) is 4.98 Å². The van der Waals surface area contributed by atoms with Crippen molar-refractivity contribution in [2.24, 2.45) is 0 Å². The number of aromatic nitrogens is 1. The van der Waals surface area contributed by atoms with Crippen LogP contribution in [-0.2, 0) is 6.42 Å². The lowest BCUT2D eigenvalue weighted by molar-refractivity contribution is 1.11. The fourth-order valence-corrected chi connectivity index (χ4v) is 2.90. The van der Waals surface area contributed by atoms with Crippen molar-refractivity contribution in [3.63, 3.8) is 0 Å². The van der Waals surface area contributed by atoms with Crippen LogP contribution in [0.15, 0.2) is 39.4 Å². The molecule has 18 heavy (non-hydrogen) atoms. The molecule has 0 spiro atoms. The smallest absolute Gasteiger partial charge is 0.144 e. The third-order valence-electron chi connectivity index (χ3n) is 2.79. The van der Waals surface area contributed by atoms with Crippen molar-refractivity contribution >= 4 is 43.4 Å². The molecule has 2 nitrogen and oxygen atoms in total. The maximum atomic E-state index is 4.34. The van der Waals surface area contributed by atoms with Crippen molar-refractivity contribution in [1.29, 1.82) is 0 Å². The number of nitrogens with one attached hydrogen (secondary N) is 1. The van der Waals surface area contributed by atoms with Gasteiger partial charge in [-0.05, 0) is 74.5 Å². The number of anilines is 2. The molecule has 4 heteroatoms. The lowest BCUT2D eigenvalue weighted by Crippen LogP contribution is -1.96. The summed E-state index contributed by atoms with van der Waals surface area (Å²) in [5, 5.41) is 3.31. The van der Waals surface area contributed by atoms with Gasteiger partial charge in [0.1, 0.15) is 5.82 Å². The van der Waals surface area contributed by atoms with Crippen LogP contribution in [0.3, 0.4) is 0 Å². The van der Waals surface area contributed by atoms with Gasteiger partial charge in [-0.1, -0.05) is 13.0 Å². The second kappa shape index (κ2) is 5.85. The van der Waals surface area contributed by atoms with Crippen LogP contribution in [0.2, 0.25) is 0 Å². The molecule has 1 aromatic carbocycles. The van der Waals surface area contributed by atoms with Gasteiger partial charge in [0.15, 0.2) is 0 Å². The van der Waals surface area contributed by atoms with Crippen LogP contribution in [0.5, 0.6) is 0 Å². The summed E-state index contributed by atoms with van der Waals surface area (Å²) in [5.41, 5.74) is 3.74. The molecule has 1 N–H and O–H groups in total. The number of hydrogen-bond donors (Lipinski definition) is 1. The van der Waals surface area contributed by atoms with E-state index in [-0.39, 0.29) is 0 Å². The Hall–Kier alpha value is -0.870. The lowest BCUT2D eigenvalue weighted by Gasteiger charge is -2.10. The number of pyridine rings is 1. The van der Waals surface area contributed by atoms with Crippen molar-refractivity contribution in [2.45, 2.75) is 20.3 Å². The maximum absolute atomic E-state index is 4.34. The molecule has 0 aliphatic carbocycles. The molecule has 0 radical (unpaired) electrons. The van der Waals surface area contributed by atoms with E-state index in [9.17, 15) is 0 Å². The van der Waals surface area contributed by atoms with E-state index < -0.39 is 0 Å². The molecule has 0 amide bonds. The van der Waals surface area contributed by atoms with Crippen molar-refractivity contribution in [2.75, 3.05) is 5.32 Å². The van der Waals surface area contributed by atoms with Gasteiger partial charge in [-0.15, -0.1) is 0 Å². The lowest BCUT2D eigenvalue weighted by atomic mass is 10.1. The molecular formula is C14H14Br2N2. The minimum atomic E-state index is 0.821. The van der Waals surface area contributed by atoms with Gasteiger partial charge in [-0.2, -0.15) is 0 Å². The van der Waals surface area contributed by atoms with Crippen LogP contribution in [-0.4, -0.2) is 4.98 Å². The van der Waals surface area contributed by atoms with Crippen molar-refractivity contribution in [3.8, 4) is 0 Å². The summed E-state index contributed by atoms with van der Waals surface area (Å²) in [5.74, 6) is 0.821. The van der Waals surface area contributed by atoms with E-state index in [2.05, 4.69) is 74.2 Å².